The number of carboxylic acid groups (broad SMARTS) is 1. The summed E-state index contributed by atoms with van der Waals surface area (Å²) in [7, 11) is 0. The number of benzene rings is 1. The summed E-state index contributed by atoms with van der Waals surface area (Å²) in [5.41, 5.74) is 0.462. The van der Waals surface area contributed by atoms with Gasteiger partial charge < -0.3 is 15.5 Å². The molecule has 0 unspecified atom stereocenters. The molecule has 2 rings (SSSR count). The van der Waals surface area contributed by atoms with E-state index in [1.54, 1.807) is 18.2 Å². The lowest BCUT2D eigenvalue weighted by Gasteiger charge is -2.24. The van der Waals surface area contributed by atoms with Gasteiger partial charge in [0.05, 0.1) is 11.8 Å². The number of phenolic OH excluding ortho intramolecular Hbond substituents is 1. The maximum Gasteiger partial charge on any atom is 0.307 e. The molecule has 0 spiro atoms. The van der Waals surface area contributed by atoms with E-state index in [0.717, 1.165) is 0 Å². The van der Waals surface area contributed by atoms with Gasteiger partial charge in [0.15, 0.2) is 0 Å². The molecule has 1 amide bonds. The first-order valence-corrected chi connectivity index (χ1v) is 6.05. The van der Waals surface area contributed by atoms with E-state index in [4.69, 9.17) is 5.11 Å². The van der Waals surface area contributed by atoms with Crippen molar-refractivity contribution in [2.24, 2.45) is 11.8 Å². The van der Waals surface area contributed by atoms with E-state index in [1.165, 1.54) is 12.1 Å². The number of carboxylic acids is 1. The second-order valence-electron chi connectivity index (χ2n) is 4.53. The predicted molar refractivity (Wildman–Crippen MR) is 69.7 cm³/mol. The van der Waals surface area contributed by atoms with E-state index >= 15 is 0 Å². The highest BCUT2D eigenvalue weighted by Crippen LogP contribution is 2.27. The van der Waals surface area contributed by atoms with E-state index < -0.39 is 17.8 Å². The third kappa shape index (κ3) is 3.13. The summed E-state index contributed by atoms with van der Waals surface area (Å²) in [6, 6.07) is 6.18. The summed E-state index contributed by atoms with van der Waals surface area (Å²) >= 11 is 0. The number of rotatable bonds is 3. The van der Waals surface area contributed by atoms with Gasteiger partial charge in [-0.2, -0.15) is 0 Å². The lowest BCUT2D eigenvalue weighted by molar-refractivity contribution is -0.146. The molecule has 2 atom stereocenters. The molecule has 1 aromatic carbocycles. The van der Waals surface area contributed by atoms with Crippen molar-refractivity contribution in [2.75, 3.05) is 5.32 Å². The standard InChI is InChI=1S/C14H15NO4/c16-10-5-3-4-9(8-10)15-13(17)11-6-1-2-7-12(11)14(18)19/h1-5,8,11-12,16H,6-7H2,(H,15,17)(H,18,19)/t11-,12+/m1/s1. The minimum Gasteiger partial charge on any atom is -0.508 e. The smallest absolute Gasteiger partial charge is 0.307 e. The van der Waals surface area contributed by atoms with Crippen LogP contribution in [0.4, 0.5) is 5.69 Å². The van der Waals surface area contributed by atoms with Gasteiger partial charge in [-0.25, -0.2) is 0 Å². The zero-order valence-corrected chi connectivity index (χ0v) is 10.2. The summed E-state index contributed by atoms with van der Waals surface area (Å²) in [5, 5.41) is 21.1. The molecule has 1 aliphatic carbocycles. The molecular formula is C14H15NO4. The average molecular weight is 261 g/mol. The fraction of sp³-hybridized carbons (Fsp3) is 0.286. The summed E-state index contributed by atoms with van der Waals surface area (Å²) in [6.07, 6.45) is 4.40. The van der Waals surface area contributed by atoms with E-state index in [9.17, 15) is 14.7 Å². The number of nitrogens with one attached hydrogen (secondary N) is 1. The number of aromatic hydroxyl groups is 1. The molecule has 19 heavy (non-hydrogen) atoms. The van der Waals surface area contributed by atoms with Crippen LogP contribution in [0.1, 0.15) is 12.8 Å². The fourth-order valence-electron chi connectivity index (χ4n) is 2.20. The molecule has 3 N–H and O–H groups in total. The third-order valence-corrected chi connectivity index (χ3v) is 3.20. The second-order valence-corrected chi connectivity index (χ2v) is 4.53. The van der Waals surface area contributed by atoms with Gasteiger partial charge in [-0.15, -0.1) is 0 Å². The summed E-state index contributed by atoms with van der Waals surface area (Å²) in [6.45, 7) is 0. The van der Waals surface area contributed by atoms with E-state index in [1.807, 2.05) is 6.08 Å². The van der Waals surface area contributed by atoms with Crippen molar-refractivity contribution in [1.29, 1.82) is 0 Å². The Hall–Kier alpha value is -2.30. The highest BCUT2D eigenvalue weighted by molar-refractivity contribution is 5.95. The maximum atomic E-state index is 12.1. The molecule has 5 heteroatoms. The highest BCUT2D eigenvalue weighted by atomic mass is 16.4. The molecule has 0 radical (unpaired) electrons. The Kier molecular flexibility index (Phi) is 3.85. The topological polar surface area (TPSA) is 86.6 Å². The van der Waals surface area contributed by atoms with Crippen LogP contribution in [0.2, 0.25) is 0 Å². The molecule has 5 nitrogen and oxygen atoms in total. The number of carbonyl (C=O) groups excluding carboxylic acids is 1. The van der Waals surface area contributed by atoms with Crippen molar-refractivity contribution < 1.29 is 19.8 Å². The average Bonchev–Trinajstić information content (AvgIpc) is 2.38. The number of anilines is 1. The Bertz CT molecular complexity index is 524. The van der Waals surface area contributed by atoms with E-state index in [0.29, 0.717) is 18.5 Å². The van der Waals surface area contributed by atoms with Crippen molar-refractivity contribution in [2.45, 2.75) is 12.8 Å². The molecule has 0 bridgehead atoms. The monoisotopic (exact) mass is 261 g/mol. The molecular weight excluding hydrogens is 246 g/mol. The molecule has 0 saturated heterocycles. The summed E-state index contributed by atoms with van der Waals surface area (Å²) < 4.78 is 0. The van der Waals surface area contributed by atoms with Crippen LogP contribution in [0, 0.1) is 11.8 Å². The normalized spacial score (nSPS) is 21.9. The van der Waals surface area contributed by atoms with Crippen LogP contribution >= 0.6 is 0 Å². The Morgan fingerprint density at radius 2 is 1.84 bits per heavy atom. The quantitative estimate of drug-likeness (QED) is 0.726. The van der Waals surface area contributed by atoms with Gasteiger partial charge >= 0.3 is 5.97 Å². The van der Waals surface area contributed by atoms with Crippen LogP contribution in [-0.4, -0.2) is 22.1 Å². The summed E-state index contributed by atoms with van der Waals surface area (Å²) in [5.74, 6) is -2.51. The van der Waals surface area contributed by atoms with Crippen LogP contribution in [0.15, 0.2) is 36.4 Å². The first-order chi connectivity index (χ1) is 9.08. The second kappa shape index (κ2) is 5.56. The predicted octanol–water partition coefficient (Wildman–Crippen LogP) is 2.00. The number of amides is 1. The summed E-state index contributed by atoms with van der Waals surface area (Å²) in [4.78, 5) is 23.2. The number of hydrogen-bond donors (Lipinski definition) is 3. The Morgan fingerprint density at radius 3 is 2.47 bits per heavy atom. The Labute approximate surface area is 110 Å². The number of aliphatic carboxylic acids is 1. The number of hydrogen-bond acceptors (Lipinski definition) is 3. The zero-order chi connectivity index (χ0) is 13.8. The van der Waals surface area contributed by atoms with E-state index in [2.05, 4.69) is 5.32 Å². The van der Waals surface area contributed by atoms with Crippen LogP contribution in [0.5, 0.6) is 5.75 Å². The molecule has 0 heterocycles. The molecule has 0 aliphatic heterocycles. The van der Waals surface area contributed by atoms with Crippen molar-refractivity contribution in [3.63, 3.8) is 0 Å². The maximum absolute atomic E-state index is 12.1. The first-order valence-electron chi connectivity index (χ1n) is 6.05. The number of phenols is 1. The molecule has 100 valence electrons. The van der Waals surface area contributed by atoms with Gasteiger partial charge in [-0.05, 0) is 25.0 Å². The minimum atomic E-state index is -0.958. The van der Waals surface area contributed by atoms with Crippen LogP contribution in [0.25, 0.3) is 0 Å². The van der Waals surface area contributed by atoms with Crippen LogP contribution in [0.3, 0.4) is 0 Å². The van der Waals surface area contributed by atoms with Gasteiger partial charge in [0.1, 0.15) is 5.75 Å². The Morgan fingerprint density at radius 1 is 1.16 bits per heavy atom. The third-order valence-electron chi connectivity index (χ3n) is 3.20. The van der Waals surface area contributed by atoms with Gasteiger partial charge in [0.25, 0.3) is 0 Å². The number of allylic oxidation sites excluding steroid dienone is 2. The minimum absolute atomic E-state index is 0.0520. The first kappa shape index (κ1) is 13.1. The zero-order valence-electron chi connectivity index (χ0n) is 10.2. The van der Waals surface area contributed by atoms with Crippen LogP contribution < -0.4 is 5.32 Å². The lowest BCUT2D eigenvalue weighted by atomic mass is 9.82. The molecule has 1 aliphatic rings. The van der Waals surface area contributed by atoms with Gasteiger partial charge in [0, 0.05) is 11.8 Å². The molecule has 0 aromatic heterocycles. The fourth-order valence-corrected chi connectivity index (χ4v) is 2.20. The van der Waals surface area contributed by atoms with Gasteiger partial charge in [0.2, 0.25) is 5.91 Å². The van der Waals surface area contributed by atoms with Gasteiger partial charge in [-0.1, -0.05) is 18.2 Å². The van der Waals surface area contributed by atoms with Gasteiger partial charge in [-0.3, -0.25) is 9.59 Å². The molecule has 1 aromatic rings. The highest BCUT2D eigenvalue weighted by Gasteiger charge is 2.33. The van der Waals surface area contributed by atoms with Crippen molar-refractivity contribution >= 4 is 17.6 Å². The molecule has 0 fully saturated rings. The SMILES string of the molecule is O=C(O)[C@H]1CC=CC[C@H]1C(=O)Nc1cccc(O)c1. The van der Waals surface area contributed by atoms with E-state index in [-0.39, 0.29) is 11.7 Å². The number of carbonyl (C=O) groups is 2. The van der Waals surface area contributed by atoms with Crippen molar-refractivity contribution in [1.82, 2.24) is 0 Å². The largest absolute Gasteiger partial charge is 0.508 e. The van der Waals surface area contributed by atoms with Crippen molar-refractivity contribution in [3.05, 3.63) is 36.4 Å². The lowest BCUT2D eigenvalue weighted by Crippen LogP contribution is -2.34. The van der Waals surface area contributed by atoms with Crippen molar-refractivity contribution in [3.8, 4) is 5.75 Å². The Balaban J connectivity index is 2.10. The molecule has 0 saturated carbocycles. The van der Waals surface area contributed by atoms with Crippen LogP contribution in [-0.2, 0) is 9.59 Å².